The molecule has 15 heavy (non-hydrogen) atoms. The highest BCUT2D eigenvalue weighted by Crippen LogP contribution is 1.93. The number of carbonyl (C=O) groups is 3. The van der Waals surface area contributed by atoms with Crippen LogP contribution >= 0.6 is 0 Å². The molecule has 0 N–H and O–H groups in total. The lowest BCUT2D eigenvalue weighted by Crippen LogP contribution is -2.24. The van der Waals surface area contributed by atoms with Crippen LogP contribution in [-0.4, -0.2) is 38.2 Å². The Hall–Kier alpha value is -2.03. The van der Waals surface area contributed by atoms with Crippen molar-refractivity contribution >= 4 is 17.9 Å². The van der Waals surface area contributed by atoms with Gasteiger partial charge in [0, 0.05) is 11.8 Å². The van der Waals surface area contributed by atoms with Gasteiger partial charge in [0.15, 0.2) is 6.10 Å². The predicted octanol–water partition coefficient (Wildman–Crippen LogP) is -0.733. The van der Waals surface area contributed by atoms with E-state index in [0.717, 1.165) is 14.2 Å². The van der Waals surface area contributed by atoms with Crippen molar-refractivity contribution in [1.29, 1.82) is 0 Å². The third-order valence-electron chi connectivity index (χ3n) is 1.27. The first-order valence-electron chi connectivity index (χ1n) is 3.89. The average Bonchev–Trinajstić information content (AvgIpc) is 2.24. The average molecular weight is 214 g/mol. The fourth-order valence-corrected chi connectivity index (χ4v) is 0.557. The van der Waals surface area contributed by atoms with Crippen LogP contribution in [0.3, 0.4) is 0 Å². The molecule has 0 aromatic rings. The van der Waals surface area contributed by atoms with Gasteiger partial charge in [0.2, 0.25) is 0 Å². The van der Waals surface area contributed by atoms with Crippen LogP contribution in [0.5, 0.6) is 0 Å². The summed E-state index contributed by atoms with van der Waals surface area (Å²) in [6, 6.07) is 0. The maximum Gasteiger partial charge on any atom is 0.385 e. The first-order chi connectivity index (χ1) is 7.01. The van der Waals surface area contributed by atoms with Gasteiger partial charge in [-0.05, 0) is 6.92 Å². The Morgan fingerprint density at radius 1 is 1.00 bits per heavy atom. The Labute approximate surface area is 86.5 Å². The van der Waals surface area contributed by atoms with Gasteiger partial charge in [-0.2, -0.15) is 0 Å². The standard InChI is InChI=1S/C9H10O6/c1-6(9(12)14-3)15-8(11)5-4-7(10)13-2/h6H,1-3H3/t6-/m0/s1. The summed E-state index contributed by atoms with van der Waals surface area (Å²) in [6.45, 7) is 1.32. The van der Waals surface area contributed by atoms with Gasteiger partial charge in [-0.15, -0.1) is 0 Å². The highest BCUT2D eigenvalue weighted by molar-refractivity contribution is 5.98. The lowest BCUT2D eigenvalue weighted by atomic mass is 10.4. The molecule has 0 saturated heterocycles. The van der Waals surface area contributed by atoms with E-state index in [0.29, 0.717) is 0 Å². The lowest BCUT2D eigenvalue weighted by molar-refractivity contribution is -0.161. The lowest BCUT2D eigenvalue weighted by Gasteiger charge is -2.07. The number of hydrogen-bond acceptors (Lipinski definition) is 6. The second kappa shape index (κ2) is 6.43. The summed E-state index contributed by atoms with van der Waals surface area (Å²) in [5, 5.41) is 0. The minimum absolute atomic E-state index is 0.705. The summed E-state index contributed by atoms with van der Waals surface area (Å²) in [7, 11) is 2.28. The van der Waals surface area contributed by atoms with Crippen LogP contribution in [0.25, 0.3) is 0 Å². The molecule has 0 aliphatic rings. The molecule has 1 atom stereocenters. The quantitative estimate of drug-likeness (QED) is 0.261. The van der Waals surface area contributed by atoms with Crippen molar-refractivity contribution in [3.05, 3.63) is 0 Å². The van der Waals surface area contributed by atoms with E-state index >= 15 is 0 Å². The molecule has 0 rings (SSSR count). The van der Waals surface area contributed by atoms with Crippen molar-refractivity contribution in [2.24, 2.45) is 0 Å². The van der Waals surface area contributed by atoms with Gasteiger partial charge >= 0.3 is 17.9 Å². The van der Waals surface area contributed by atoms with E-state index in [2.05, 4.69) is 14.2 Å². The van der Waals surface area contributed by atoms with E-state index in [1.54, 1.807) is 0 Å². The number of methoxy groups -OCH3 is 2. The van der Waals surface area contributed by atoms with Crippen molar-refractivity contribution < 1.29 is 28.6 Å². The Morgan fingerprint density at radius 3 is 2.00 bits per heavy atom. The van der Waals surface area contributed by atoms with E-state index < -0.39 is 24.0 Å². The Morgan fingerprint density at radius 2 is 1.53 bits per heavy atom. The molecule has 6 nitrogen and oxygen atoms in total. The summed E-state index contributed by atoms with van der Waals surface area (Å²) in [5.41, 5.74) is 0. The second-order valence-electron chi connectivity index (χ2n) is 2.31. The summed E-state index contributed by atoms with van der Waals surface area (Å²) in [5.74, 6) is 1.14. The topological polar surface area (TPSA) is 78.9 Å². The molecule has 0 aromatic carbocycles. The Kier molecular flexibility index (Phi) is 5.56. The van der Waals surface area contributed by atoms with Crippen LogP contribution in [0, 0.1) is 11.8 Å². The monoisotopic (exact) mass is 214 g/mol. The predicted molar refractivity (Wildman–Crippen MR) is 47.4 cm³/mol. The highest BCUT2D eigenvalue weighted by atomic mass is 16.6. The molecule has 0 amide bonds. The SMILES string of the molecule is COC(=O)C#CC(=O)O[C@@H](C)C(=O)OC. The third kappa shape index (κ3) is 5.31. The van der Waals surface area contributed by atoms with Crippen LogP contribution in [-0.2, 0) is 28.6 Å². The molecule has 0 saturated carbocycles. The molecule has 82 valence electrons. The summed E-state index contributed by atoms with van der Waals surface area (Å²) in [4.78, 5) is 32.2. The highest BCUT2D eigenvalue weighted by Gasteiger charge is 2.16. The van der Waals surface area contributed by atoms with Crippen molar-refractivity contribution in [2.45, 2.75) is 13.0 Å². The minimum atomic E-state index is -1.06. The zero-order valence-corrected chi connectivity index (χ0v) is 8.53. The van der Waals surface area contributed by atoms with Crippen molar-refractivity contribution in [2.75, 3.05) is 14.2 Å². The van der Waals surface area contributed by atoms with Gasteiger partial charge in [0.1, 0.15) is 0 Å². The summed E-state index contributed by atoms with van der Waals surface area (Å²) < 4.78 is 13.0. The fourth-order valence-electron chi connectivity index (χ4n) is 0.557. The normalized spacial score (nSPS) is 10.3. The van der Waals surface area contributed by atoms with E-state index in [-0.39, 0.29) is 0 Å². The van der Waals surface area contributed by atoms with Crippen LogP contribution in [0.4, 0.5) is 0 Å². The summed E-state index contributed by atoms with van der Waals surface area (Å²) >= 11 is 0. The van der Waals surface area contributed by atoms with E-state index in [9.17, 15) is 14.4 Å². The second-order valence-corrected chi connectivity index (χ2v) is 2.31. The van der Waals surface area contributed by atoms with Crippen LogP contribution < -0.4 is 0 Å². The first-order valence-corrected chi connectivity index (χ1v) is 3.89. The van der Waals surface area contributed by atoms with Gasteiger partial charge in [0.05, 0.1) is 14.2 Å². The zero-order valence-electron chi connectivity index (χ0n) is 8.53. The molecule has 0 spiro atoms. The van der Waals surface area contributed by atoms with E-state index in [4.69, 9.17) is 0 Å². The van der Waals surface area contributed by atoms with Gasteiger partial charge in [-0.3, -0.25) is 0 Å². The van der Waals surface area contributed by atoms with Gasteiger partial charge in [-0.1, -0.05) is 0 Å². The van der Waals surface area contributed by atoms with Crippen molar-refractivity contribution in [3.8, 4) is 11.8 Å². The third-order valence-corrected chi connectivity index (χ3v) is 1.27. The van der Waals surface area contributed by atoms with Gasteiger partial charge in [-0.25, -0.2) is 14.4 Å². The molecule has 0 aromatic heterocycles. The van der Waals surface area contributed by atoms with Gasteiger partial charge in [0.25, 0.3) is 0 Å². The number of rotatable bonds is 2. The van der Waals surface area contributed by atoms with Crippen LogP contribution in [0.2, 0.25) is 0 Å². The van der Waals surface area contributed by atoms with E-state index in [1.165, 1.54) is 6.92 Å². The molecule has 0 fully saturated rings. The summed E-state index contributed by atoms with van der Waals surface area (Å²) in [6.07, 6.45) is -1.06. The first kappa shape index (κ1) is 13.0. The molecular weight excluding hydrogens is 204 g/mol. The number of esters is 3. The van der Waals surface area contributed by atoms with E-state index in [1.807, 2.05) is 11.8 Å². The molecule has 0 aliphatic heterocycles. The molecule has 0 radical (unpaired) electrons. The smallest absolute Gasteiger partial charge is 0.385 e. The Balaban J connectivity index is 4.19. The number of hydrogen-bond donors (Lipinski definition) is 0. The van der Waals surface area contributed by atoms with Crippen LogP contribution in [0.15, 0.2) is 0 Å². The fraction of sp³-hybridized carbons (Fsp3) is 0.444. The maximum absolute atomic E-state index is 10.9. The maximum atomic E-state index is 10.9. The Bertz CT molecular complexity index is 321. The molecule has 0 heterocycles. The zero-order chi connectivity index (χ0) is 11.8. The minimum Gasteiger partial charge on any atom is -0.466 e. The molecule has 6 heteroatoms. The largest absolute Gasteiger partial charge is 0.466 e. The van der Waals surface area contributed by atoms with Crippen molar-refractivity contribution in [1.82, 2.24) is 0 Å². The van der Waals surface area contributed by atoms with Crippen molar-refractivity contribution in [3.63, 3.8) is 0 Å². The number of ether oxygens (including phenoxy) is 3. The van der Waals surface area contributed by atoms with Gasteiger partial charge < -0.3 is 14.2 Å². The molecule has 0 unspecified atom stereocenters. The molecular formula is C9H10O6. The molecule has 0 bridgehead atoms. The van der Waals surface area contributed by atoms with Crippen LogP contribution in [0.1, 0.15) is 6.92 Å². The molecule has 0 aliphatic carbocycles. The number of carbonyl (C=O) groups excluding carboxylic acids is 3.